The van der Waals surface area contributed by atoms with Crippen LogP contribution >= 0.6 is 0 Å². The normalized spacial score (nSPS) is 36.4. The van der Waals surface area contributed by atoms with Crippen LogP contribution in [0.1, 0.15) is 18.9 Å². The van der Waals surface area contributed by atoms with Crippen molar-refractivity contribution in [1.29, 1.82) is 0 Å². The van der Waals surface area contributed by atoms with Crippen molar-refractivity contribution in [2.75, 3.05) is 6.54 Å². The van der Waals surface area contributed by atoms with Gasteiger partial charge in [-0.05, 0) is 25.5 Å². The predicted molar refractivity (Wildman–Crippen MR) is 84.4 cm³/mol. The lowest BCUT2D eigenvalue weighted by molar-refractivity contribution is -0.151. The Morgan fingerprint density at radius 2 is 1.96 bits per heavy atom. The monoisotopic (exact) mass is 333 g/mol. The number of hydrogen-bond acceptors (Lipinski definition) is 4. The van der Waals surface area contributed by atoms with E-state index < -0.39 is 21.7 Å². The van der Waals surface area contributed by atoms with Crippen LogP contribution in [-0.4, -0.2) is 42.8 Å². The number of benzene rings is 1. The van der Waals surface area contributed by atoms with E-state index >= 15 is 0 Å². The van der Waals surface area contributed by atoms with Crippen LogP contribution in [0, 0.1) is 12.8 Å². The van der Waals surface area contributed by atoms with Crippen molar-refractivity contribution < 1.29 is 17.9 Å². The van der Waals surface area contributed by atoms with E-state index in [0.717, 1.165) is 5.56 Å². The van der Waals surface area contributed by atoms with E-state index in [0.29, 0.717) is 13.0 Å². The molecule has 2 fully saturated rings. The van der Waals surface area contributed by atoms with Crippen LogP contribution in [0.4, 0.5) is 0 Å². The highest BCUT2D eigenvalue weighted by Crippen LogP contribution is 2.47. The molecule has 2 saturated heterocycles. The van der Waals surface area contributed by atoms with Crippen LogP contribution < -0.4 is 0 Å². The number of ether oxygens (including phenoxy) is 1. The van der Waals surface area contributed by atoms with E-state index in [4.69, 9.17) is 4.74 Å². The molecule has 0 N–H and O–H groups in total. The number of rotatable bonds is 2. The van der Waals surface area contributed by atoms with Gasteiger partial charge in [-0.15, -0.1) is 0 Å². The summed E-state index contributed by atoms with van der Waals surface area (Å²) in [5.74, 6) is -0.361. The standard InChI is InChI=1S/C17H19NO4S/c1-11-3-5-13(6-4-11)23(20,21)18-10-9-17-8-7-14(22-17)12(2)15(19)16(17)18/h3-8,12,14,16H,9-10H2,1-2H3/t12-,14+,16+,17+/m1/s1. The maximum absolute atomic E-state index is 13.0. The summed E-state index contributed by atoms with van der Waals surface area (Å²) in [6, 6.07) is 5.98. The lowest BCUT2D eigenvalue weighted by Gasteiger charge is -2.40. The molecule has 1 spiro atoms. The molecule has 4 atom stereocenters. The van der Waals surface area contributed by atoms with Gasteiger partial charge < -0.3 is 4.74 Å². The number of carbonyl (C=O) groups is 1. The minimum Gasteiger partial charge on any atom is -0.361 e. The molecule has 0 unspecified atom stereocenters. The van der Waals surface area contributed by atoms with Gasteiger partial charge in [-0.25, -0.2) is 8.42 Å². The maximum atomic E-state index is 13.0. The second kappa shape index (κ2) is 4.75. The van der Waals surface area contributed by atoms with Gasteiger partial charge in [0.15, 0.2) is 5.78 Å². The molecule has 0 amide bonds. The number of ketones is 1. The first-order chi connectivity index (χ1) is 10.8. The van der Waals surface area contributed by atoms with Gasteiger partial charge in [0.05, 0.1) is 11.0 Å². The fourth-order valence-electron chi connectivity index (χ4n) is 3.85. The average Bonchev–Trinajstić information content (AvgIpc) is 3.10. The van der Waals surface area contributed by atoms with E-state index in [1.165, 1.54) is 4.31 Å². The Morgan fingerprint density at radius 3 is 2.65 bits per heavy atom. The summed E-state index contributed by atoms with van der Waals surface area (Å²) in [4.78, 5) is 13.0. The fourth-order valence-corrected chi connectivity index (χ4v) is 5.49. The first-order valence-electron chi connectivity index (χ1n) is 7.85. The zero-order valence-corrected chi connectivity index (χ0v) is 13.9. The van der Waals surface area contributed by atoms with Crippen LogP contribution in [0.2, 0.25) is 0 Å². The third-order valence-corrected chi connectivity index (χ3v) is 7.11. The van der Waals surface area contributed by atoms with Gasteiger partial charge in [-0.3, -0.25) is 4.79 Å². The van der Waals surface area contributed by atoms with Crippen LogP contribution in [-0.2, 0) is 19.6 Å². The molecule has 3 aliphatic heterocycles. The maximum Gasteiger partial charge on any atom is 0.243 e. The Balaban J connectivity index is 1.77. The molecule has 23 heavy (non-hydrogen) atoms. The van der Waals surface area contributed by atoms with Gasteiger partial charge in [0, 0.05) is 12.5 Å². The van der Waals surface area contributed by atoms with E-state index in [1.807, 2.05) is 26.0 Å². The summed E-state index contributed by atoms with van der Waals surface area (Å²) in [7, 11) is -3.71. The lowest BCUT2D eigenvalue weighted by atomic mass is 9.85. The van der Waals surface area contributed by atoms with Gasteiger partial charge in [0.25, 0.3) is 0 Å². The highest BCUT2D eigenvalue weighted by Gasteiger charge is 2.62. The second-order valence-corrected chi connectivity index (χ2v) is 8.56. The lowest BCUT2D eigenvalue weighted by Crippen LogP contribution is -2.58. The molecule has 0 radical (unpaired) electrons. The number of sulfonamides is 1. The van der Waals surface area contributed by atoms with Gasteiger partial charge >= 0.3 is 0 Å². The van der Waals surface area contributed by atoms with E-state index in [9.17, 15) is 13.2 Å². The molecular formula is C17H19NO4S. The molecule has 1 aromatic rings. The molecule has 0 saturated carbocycles. The third kappa shape index (κ3) is 1.98. The molecule has 5 nitrogen and oxygen atoms in total. The molecule has 0 aromatic heterocycles. The minimum atomic E-state index is -3.71. The minimum absolute atomic E-state index is 0.0422. The van der Waals surface area contributed by atoms with Gasteiger partial charge in [-0.2, -0.15) is 4.31 Å². The Kier molecular flexibility index (Phi) is 3.11. The molecule has 6 heteroatoms. The molecule has 4 rings (SSSR count). The quantitative estimate of drug-likeness (QED) is 0.773. The fraction of sp³-hybridized carbons (Fsp3) is 0.471. The van der Waals surface area contributed by atoms with Crippen LogP contribution in [0.3, 0.4) is 0 Å². The van der Waals surface area contributed by atoms with Crippen molar-refractivity contribution in [3.8, 4) is 0 Å². The first-order valence-corrected chi connectivity index (χ1v) is 9.29. The molecule has 0 aliphatic carbocycles. The summed E-state index contributed by atoms with van der Waals surface area (Å²) in [6.45, 7) is 4.02. The smallest absolute Gasteiger partial charge is 0.243 e. The topological polar surface area (TPSA) is 63.7 Å². The summed E-state index contributed by atoms with van der Waals surface area (Å²) in [6.07, 6.45) is 4.11. The number of carbonyl (C=O) groups excluding carboxylic acids is 1. The number of nitrogens with zero attached hydrogens (tertiary/aromatic N) is 1. The highest BCUT2D eigenvalue weighted by molar-refractivity contribution is 7.89. The van der Waals surface area contributed by atoms with Crippen molar-refractivity contribution in [3.63, 3.8) is 0 Å². The highest BCUT2D eigenvalue weighted by atomic mass is 32.2. The zero-order chi connectivity index (χ0) is 16.4. The summed E-state index contributed by atoms with van der Waals surface area (Å²) in [5, 5.41) is 0. The van der Waals surface area contributed by atoms with E-state index in [1.54, 1.807) is 24.3 Å². The summed E-state index contributed by atoms with van der Waals surface area (Å²) in [5.41, 5.74) is 0.223. The Morgan fingerprint density at radius 1 is 1.26 bits per heavy atom. The van der Waals surface area contributed by atoms with Gasteiger partial charge in [-0.1, -0.05) is 36.8 Å². The Hall–Kier alpha value is -1.50. The van der Waals surface area contributed by atoms with Crippen molar-refractivity contribution in [2.45, 2.75) is 42.9 Å². The van der Waals surface area contributed by atoms with Crippen LogP contribution in [0.25, 0.3) is 0 Å². The Labute approximate surface area is 136 Å². The molecule has 122 valence electrons. The van der Waals surface area contributed by atoms with Crippen LogP contribution in [0.15, 0.2) is 41.3 Å². The molecule has 3 aliphatic rings. The number of aryl methyl sites for hydroxylation is 1. The average molecular weight is 333 g/mol. The molecule has 3 heterocycles. The Bertz CT molecular complexity index is 798. The first kappa shape index (κ1) is 15.1. The number of Topliss-reactive ketones (excluding diaryl/α,β-unsaturated/α-hetero) is 1. The largest absolute Gasteiger partial charge is 0.361 e. The predicted octanol–water partition coefficient (Wildman–Crippen LogP) is 1.67. The number of fused-ring (bicyclic) bond motifs is 1. The van der Waals surface area contributed by atoms with Crippen molar-refractivity contribution in [3.05, 3.63) is 42.0 Å². The van der Waals surface area contributed by atoms with E-state index in [2.05, 4.69) is 0 Å². The zero-order valence-electron chi connectivity index (χ0n) is 13.1. The van der Waals surface area contributed by atoms with E-state index in [-0.39, 0.29) is 22.7 Å². The van der Waals surface area contributed by atoms with Crippen molar-refractivity contribution in [1.82, 2.24) is 4.31 Å². The van der Waals surface area contributed by atoms with Crippen LogP contribution in [0.5, 0.6) is 0 Å². The second-order valence-electron chi connectivity index (χ2n) is 6.67. The number of hydrogen-bond donors (Lipinski definition) is 0. The van der Waals surface area contributed by atoms with Crippen molar-refractivity contribution >= 4 is 15.8 Å². The molecular weight excluding hydrogens is 314 g/mol. The summed E-state index contributed by atoms with van der Waals surface area (Å²) < 4.78 is 33.4. The van der Waals surface area contributed by atoms with Gasteiger partial charge in [0.1, 0.15) is 11.6 Å². The molecule has 1 aromatic carbocycles. The van der Waals surface area contributed by atoms with Crippen molar-refractivity contribution in [2.24, 2.45) is 5.92 Å². The molecule has 2 bridgehead atoms. The summed E-state index contributed by atoms with van der Waals surface area (Å²) >= 11 is 0. The van der Waals surface area contributed by atoms with Gasteiger partial charge in [0.2, 0.25) is 10.0 Å². The third-order valence-electron chi connectivity index (χ3n) is 5.24. The SMILES string of the molecule is Cc1ccc(S(=O)(=O)N2CC[C@]34C=C[C@H](O3)[C@@H](C)C(=O)[C@H]24)cc1.